The van der Waals surface area contributed by atoms with Gasteiger partial charge in [0, 0.05) is 39.0 Å². The number of para-hydroxylation sites is 3. The predicted octanol–water partition coefficient (Wildman–Crippen LogP) is 13.3. The Hall–Kier alpha value is -7.43. The van der Waals surface area contributed by atoms with Crippen molar-refractivity contribution < 1.29 is 5.11 Å². The second-order valence-electron chi connectivity index (χ2n) is 14.3. The minimum atomic E-state index is 0.280. The Bertz CT molecular complexity index is 2990. The minimum Gasteiger partial charge on any atom is -0.507 e. The van der Waals surface area contributed by atoms with E-state index in [1.807, 2.05) is 30.3 Å². The molecule has 0 unspecified atom stereocenters. The van der Waals surface area contributed by atoms with E-state index in [-0.39, 0.29) is 5.75 Å². The highest BCUT2D eigenvalue weighted by Gasteiger charge is 2.24. The number of anilines is 2. The topological polar surface area (TPSA) is 41.3 Å². The molecule has 1 N–H and O–H groups in total. The zero-order chi connectivity index (χ0) is 37.6. The van der Waals surface area contributed by atoms with E-state index in [4.69, 9.17) is 4.98 Å². The minimum absolute atomic E-state index is 0.280. The Morgan fingerprint density at radius 1 is 0.536 bits per heavy atom. The summed E-state index contributed by atoms with van der Waals surface area (Å²) in [6, 6.07) is 63.1. The second kappa shape index (κ2) is 13.8. The number of hydrogen-bond donors (Lipinski definition) is 1. The first-order chi connectivity index (χ1) is 27.6. The number of fused-ring (bicyclic) bond motifs is 5. The molecule has 9 aromatic rings. The third-order valence-corrected chi connectivity index (χ3v) is 10.9. The van der Waals surface area contributed by atoms with Crippen molar-refractivity contribution in [2.75, 3.05) is 4.90 Å². The molecule has 0 aliphatic carbocycles. The Kier molecular flexibility index (Phi) is 8.15. The van der Waals surface area contributed by atoms with Crippen LogP contribution in [-0.4, -0.2) is 14.7 Å². The Balaban J connectivity index is 1.09. The van der Waals surface area contributed by atoms with Gasteiger partial charge in [-0.2, -0.15) is 0 Å². The number of aromatic nitrogens is 2. The molecule has 7 aromatic carbocycles. The standard InChI is InChI=1S/C52H37N3O/c1-35-25-30-50-46(45-19-6-9-22-49(45)55(50)52-24-12-20-47(53-52)36-13-3-2-4-14-36)34-54(48-21-8-5-17-43(35)48)42-29-28-39-31-38(26-27-40(39)33-42)37-15-11-16-41(32-37)44-18-7-10-23-51(44)56/h2-33,56H,1,34H2/b30-25-. The summed E-state index contributed by atoms with van der Waals surface area (Å²) in [7, 11) is 0. The normalized spacial score (nSPS) is 13.1. The summed E-state index contributed by atoms with van der Waals surface area (Å²) in [5.74, 6) is 1.15. The maximum atomic E-state index is 10.5. The molecule has 0 amide bonds. The maximum Gasteiger partial charge on any atom is 0.138 e. The highest BCUT2D eigenvalue weighted by atomic mass is 16.3. The fraction of sp³-hybridized carbons (Fsp3) is 0.0192. The number of rotatable bonds is 5. The van der Waals surface area contributed by atoms with Crippen molar-refractivity contribution >= 4 is 44.7 Å². The second-order valence-corrected chi connectivity index (χ2v) is 14.3. The SMILES string of the molecule is C=C1/C=C\c2c(c3ccccc3n2-c2cccc(-c3ccccc3)n2)CN(c2ccc3cc(-c4cccc(-c5ccccc5O)c4)ccc3c2)c2ccccc21. The van der Waals surface area contributed by atoms with Crippen LogP contribution in [0.4, 0.5) is 11.4 Å². The lowest BCUT2D eigenvalue weighted by Gasteiger charge is -2.28. The van der Waals surface area contributed by atoms with Crippen LogP contribution in [0.15, 0.2) is 195 Å². The van der Waals surface area contributed by atoms with E-state index in [1.54, 1.807) is 6.07 Å². The maximum absolute atomic E-state index is 10.5. The van der Waals surface area contributed by atoms with Crippen molar-refractivity contribution in [3.8, 4) is 45.1 Å². The molecule has 0 saturated heterocycles. The first-order valence-corrected chi connectivity index (χ1v) is 18.9. The van der Waals surface area contributed by atoms with Gasteiger partial charge in [-0.3, -0.25) is 4.57 Å². The Morgan fingerprint density at radius 3 is 2.12 bits per heavy atom. The monoisotopic (exact) mass is 719 g/mol. The van der Waals surface area contributed by atoms with Crippen LogP contribution in [0.1, 0.15) is 16.8 Å². The summed E-state index contributed by atoms with van der Waals surface area (Å²) in [6.45, 7) is 5.21. The summed E-state index contributed by atoms with van der Waals surface area (Å²) in [5.41, 5.74) is 13.7. The predicted molar refractivity (Wildman–Crippen MR) is 233 cm³/mol. The van der Waals surface area contributed by atoms with Gasteiger partial charge in [-0.05, 0) is 93.7 Å². The molecule has 1 aliphatic rings. The summed E-state index contributed by atoms with van der Waals surface area (Å²) < 4.78 is 2.30. The third kappa shape index (κ3) is 5.85. The highest BCUT2D eigenvalue weighted by molar-refractivity contribution is 5.96. The van der Waals surface area contributed by atoms with Crippen LogP contribution in [0, 0.1) is 0 Å². The molecule has 0 spiro atoms. The third-order valence-electron chi connectivity index (χ3n) is 10.9. The van der Waals surface area contributed by atoms with Crippen LogP contribution < -0.4 is 4.90 Å². The number of pyridine rings is 1. The van der Waals surface area contributed by atoms with Gasteiger partial charge in [0.2, 0.25) is 0 Å². The molecule has 0 atom stereocenters. The smallest absolute Gasteiger partial charge is 0.138 e. The van der Waals surface area contributed by atoms with E-state index in [0.717, 1.165) is 83.8 Å². The number of allylic oxidation sites excluding steroid dienone is 2. The number of phenols is 1. The van der Waals surface area contributed by atoms with Gasteiger partial charge in [0.05, 0.1) is 23.4 Å². The highest BCUT2D eigenvalue weighted by Crippen LogP contribution is 2.41. The van der Waals surface area contributed by atoms with Crippen molar-refractivity contribution in [1.29, 1.82) is 0 Å². The van der Waals surface area contributed by atoms with Gasteiger partial charge in [-0.25, -0.2) is 4.98 Å². The molecule has 3 heterocycles. The van der Waals surface area contributed by atoms with E-state index in [9.17, 15) is 5.11 Å². The molecule has 0 fully saturated rings. The number of aromatic hydroxyl groups is 1. The first-order valence-electron chi connectivity index (χ1n) is 18.9. The van der Waals surface area contributed by atoms with Gasteiger partial charge >= 0.3 is 0 Å². The molecule has 0 bridgehead atoms. The molecule has 1 aliphatic heterocycles. The molecule has 4 nitrogen and oxygen atoms in total. The molecule has 4 heteroatoms. The molecular weight excluding hydrogens is 683 g/mol. The van der Waals surface area contributed by atoms with Crippen molar-refractivity contribution in [1.82, 2.24) is 9.55 Å². The van der Waals surface area contributed by atoms with E-state index in [2.05, 4.69) is 174 Å². The van der Waals surface area contributed by atoms with E-state index in [1.165, 1.54) is 10.9 Å². The fourth-order valence-electron chi connectivity index (χ4n) is 8.12. The molecule has 2 aromatic heterocycles. The largest absolute Gasteiger partial charge is 0.507 e. The molecule has 266 valence electrons. The van der Waals surface area contributed by atoms with Gasteiger partial charge in [-0.1, -0.05) is 140 Å². The number of phenolic OH excluding ortho intramolecular Hbond substituents is 1. The lowest BCUT2D eigenvalue weighted by Crippen LogP contribution is -2.18. The zero-order valence-electron chi connectivity index (χ0n) is 30.7. The number of benzene rings is 7. The Morgan fingerprint density at radius 2 is 1.23 bits per heavy atom. The number of hydrogen-bond acceptors (Lipinski definition) is 3. The van der Waals surface area contributed by atoms with Crippen LogP contribution in [0.2, 0.25) is 0 Å². The van der Waals surface area contributed by atoms with E-state index >= 15 is 0 Å². The van der Waals surface area contributed by atoms with E-state index < -0.39 is 0 Å². The summed E-state index contributed by atoms with van der Waals surface area (Å²) in [5, 5.41) is 14.0. The van der Waals surface area contributed by atoms with Crippen molar-refractivity contribution in [3.63, 3.8) is 0 Å². The quantitative estimate of drug-likeness (QED) is 0.193. The first kappa shape index (κ1) is 33.2. The molecule has 0 radical (unpaired) electrons. The summed E-state index contributed by atoms with van der Waals surface area (Å²) in [4.78, 5) is 7.66. The van der Waals surface area contributed by atoms with Gasteiger partial charge in [0.1, 0.15) is 11.6 Å². The van der Waals surface area contributed by atoms with Crippen LogP contribution >= 0.6 is 0 Å². The van der Waals surface area contributed by atoms with Crippen LogP contribution in [0.3, 0.4) is 0 Å². The van der Waals surface area contributed by atoms with Crippen LogP contribution in [0.5, 0.6) is 5.75 Å². The van der Waals surface area contributed by atoms with Crippen LogP contribution in [0.25, 0.3) is 72.7 Å². The van der Waals surface area contributed by atoms with Crippen molar-refractivity contribution in [2.45, 2.75) is 6.54 Å². The fourth-order valence-corrected chi connectivity index (χ4v) is 8.12. The van der Waals surface area contributed by atoms with Gasteiger partial charge in [0.15, 0.2) is 0 Å². The van der Waals surface area contributed by atoms with Crippen LogP contribution in [-0.2, 0) is 6.54 Å². The molecule has 0 saturated carbocycles. The van der Waals surface area contributed by atoms with Gasteiger partial charge < -0.3 is 10.0 Å². The molecule has 56 heavy (non-hydrogen) atoms. The van der Waals surface area contributed by atoms with Crippen molar-refractivity contribution in [2.24, 2.45) is 0 Å². The molecule has 10 rings (SSSR count). The average molecular weight is 720 g/mol. The Labute approximate surface area is 326 Å². The lowest BCUT2D eigenvalue weighted by atomic mass is 9.96. The van der Waals surface area contributed by atoms with Gasteiger partial charge in [0.25, 0.3) is 0 Å². The zero-order valence-corrected chi connectivity index (χ0v) is 30.7. The summed E-state index contributed by atoms with van der Waals surface area (Å²) >= 11 is 0. The van der Waals surface area contributed by atoms with E-state index in [0.29, 0.717) is 6.54 Å². The van der Waals surface area contributed by atoms with Crippen molar-refractivity contribution in [3.05, 3.63) is 211 Å². The average Bonchev–Trinajstić information content (AvgIpc) is 3.59. The summed E-state index contributed by atoms with van der Waals surface area (Å²) in [6.07, 6.45) is 4.36. The molecular formula is C52H37N3O. The lowest BCUT2D eigenvalue weighted by molar-refractivity contribution is 0.477. The van der Waals surface area contributed by atoms with Gasteiger partial charge in [-0.15, -0.1) is 0 Å². The number of nitrogens with zero attached hydrogens (tertiary/aromatic N) is 3.